The van der Waals surface area contributed by atoms with Gasteiger partial charge in [-0.2, -0.15) is 8.42 Å². The minimum Gasteiger partial charge on any atom is -0.367 e. The quantitative estimate of drug-likeness (QED) is 0.146. The molecule has 0 radical (unpaired) electrons. The standard InChI is InChI=1S/C24H50NO.H2O4S/c1-4-7-8-9-10-11-12-13-14-15-16-17-18-19-20-25(6-3)21-22-26-24(5-2)23-25;1-5(2,3)4/h24H,4-23H2,1-3H3;(H2,1,2,3,4)/q+1;. The van der Waals surface area contributed by atoms with Crippen LogP contribution in [-0.4, -0.2) is 60.9 Å². The summed E-state index contributed by atoms with van der Waals surface area (Å²) in [6, 6.07) is 0. The Bertz CT molecular complexity index is 492. The van der Waals surface area contributed by atoms with E-state index in [9.17, 15) is 0 Å². The highest BCUT2D eigenvalue weighted by atomic mass is 32.3. The van der Waals surface area contributed by atoms with E-state index in [0.29, 0.717) is 6.10 Å². The minimum atomic E-state index is -4.67. The second-order valence-corrected chi connectivity index (χ2v) is 10.1. The molecule has 1 fully saturated rings. The Kier molecular flexibility index (Phi) is 19.1. The summed E-state index contributed by atoms with van der Waals surface area (Å²) >= 11 is 0. The Morgan fingerprint density at radius 3 is 1.58 bits per heavy atom. The topological polar surface area (TPSA) is 83.8 Å². The van der Waals surface area contributed by atoms with E-state index in [1.165, 1.54) is 127 Å². The minimum absolute atomic E-state index is 0.510. The van der Waals surface area contributed by atoms with Crippen LogP contribution in [0.1, 0.15) is 117 Å². The number of hydrogen-bond acceptors (Lipinski definition) is 3. The molecule has 6 nitrogen and oxygen atoms in total. The number of morpholine rings is 1. The largest absolute Gasteiger partial charge is 0.394 e. The molecule has 1 saturated heterocycles. The Labute approximate surface area is 193 Å². The van der Waals surface area contributed by atoms with E-state index in [1.54, 1.807) is 0 Å². The second-order valence-electron chi connectivity index (χ2n) is 9.23. The van der Waals surface area contributed by atoms with Crippen LogP contribution in [0.25, 0.3) is 0 Å². The van der Waals surface area contributed by atoms with E-state index in [4.69, 9.17) is 22.3 Å². The normalized spacial score (nSPS) is 21.5. The van der Waals surface area contributed by atoms with Crippen LogP contribution in [0.5, 0.6) is 0 Å². The lowest BCUT2D eigenvalue weighted by Gasteiger charge is -2.43. The zero-order valence-corrected chi connectivity index (χ0v) is 21.5. The van der Waals surface area contributed by atoms with Gasteiger partial charge in [-0.3, -0.25) is 9.11 Å². The molecule has 2 atom stereocenters. The maximum atomic E-state index is 8.74. The summed E-state index contributed by atoms with van der Waals surface area (Å²) in [4.78, 5) is 0. The number of unbranched alkanes of at least 4 members (excludes halogenated alkanes) is 13. The average molecular weight is 467 g/mol. The third-order valence-electron chi connectivity index (χ3n) is 6.62. The molecule has 0 aromatic carbocycles. The van der Waals surface area contributed by atoms with Crippen molar-refractivity contribution in [3.8, 4) is 0 Å². The number of nitrogens with zero attached hydrogens (tertiary/aromatic N) is 1. The van der Waals surface area contributed by atoms with Crippen molar-refractivity contribution in [3.63, 3.8) is 0 Å². The molecule has 1 rings (SSSR count). The average Bonchev–Trinajstić information content (AvgIpc) is 2.73. The first-order chi connectivity index (χ1) is 14.8. The van der Waals surface area contributed by atoms with Crippen molar-refractivity contribution in [1.82, 2.24) is 0 Å². The van der Waals surface area contributed by atoms with Crippen LogP contribution in [0, 0.1) is 0 Å². The molecule has 1 aliphatic heterocycles. The van der Waals surface area contributed by atoms with E-state index >= 15 is 0 Å². The van der Waals surface area contributed by atoms with Gasteiger partial charge in [0.25, 0.3) is 0 Å². The molecule has 0 spiro atoms. The molecule has 188 valence electrons. The van der Waals surface area contributed by atoms with E-state index in [2.05, 4.69) is 20.8 Å². The molecule has 2 N–H and O–H groups in total. The maximum absolute atomic E-state index is 8.74. The molecule has 0 aromatic rings. The molecule has 0 aromatic heterocycles. The Hall–Kier alpha value is -0.210. The molecule has 0 bridgehead atoms. The van der Waals surface area contributed by atoms with Crippen LogP contribution in [0.2, 0.25) is 0 Å². The van der Waals surface area contributed by atoms with Gasteiger partial charge in [0.2, 0.25) is 0 Å². The lowest BCUT2D eigenvalue weighted by Crippen LogP contribution is -2.58. The fourth-order valence-corrected chi connectivity index (χ4v) is 4.53. The van der Waals surface area contributed by atoms with Crippen molar-refractivity contribution in [2.24, 2.45) is 0 Å². The lowest BCUT2D eigenvalue weighted by atomic mass is 10.0. The Morgan fingerprint density at radius 2 is 1.19 bits per heavy atom. The molecule has 7 heteroatoms. The molecular weight excluding hydrogens is 414 g/mol. The van der Waals surface area contributed by atoms with Crippen LogP contribution in [0.3, 0.4) is 0 Å². The van der Waals surface area contributed by atoms with E-state index < -0.39 is 10.4 Å². The van der Waals surface area contributed by atoms with Gasteiger partial charge in [0.1, 0.15) is 19.2 Å². The van der Waals surface area contributed by atoms with Gasteiger partial charge < -0.3 is 9.22 Å². The van der Waals surface area contributed by atoms with Gasteiger partial charge in [0, 0.05) is 0 Å². The third kappa shape index (κ3) is 20.1. The number of ether oxygens (including phenoxy) is 1. The molecule has 0 amide bonds. The number of rotatable bonds is 17. The third-order valence-corrected chi connectivity index (χ3v) is 6.62. The zero-order valence-electron chi connectivity index (χ0n) is 20.7. The SMILES string of the molecule is CCCCCCCCCCCCCCCC[N+]1(CC)CCOC(CC)C1.O=S(=O)(O)O. The van der Waals surface area contributed by atoms with Crippen LogP contribution >= 0.6 is 0 Å². The highest BCUT2D eigenvalue weighted by Crippen LogP contribution is 2.20. The fourth-order valence-electron chi connectivity index (χ4n) is 4.53. The molecule has 2 unspecified atom stereocenters. The van der Waals surface area contributed by atoms with E-state index in [0.717, 1.165) is 6.61 Å². The Morgan fingerprint density at radius 1 is 0.774 bits per heavy atom. The van der Waals surface area contributed by atoms with Gasteiger partial charge in [-0.05, 0) is 26.2 Å². The monoisotopic (exact) mass is 466 g/mol. The van der Waals surface area contributed by atoms with E-state index in [1.807, 2.05) is 0 Å². The van der Waals surface area contributed by atoms with Gasteiger partial charge in [-0.1, -0.05) is 90.9 Å². The summed E-state index contributed by atoms with van der Waals surface area (Å²) in [6.07, 6.45) is 22.0. The smallest absolute Gasteiger partial charge is 0.367 e. The predicted molar refractivity (Wildman–Crippen MR) is 130 cm³/mol. The highest BCUT2D eigenvalue weighted by molar-refractivity contribution is 7.79. The maximum Gasteiger partial charge on any atom is 0.394 e. The summed E-state index contributed by atoms with van der Waals surface area (Å²) in [5.41, 5.74) is 0. The number of likely N-dealkylation sites (N-methyl/N-ethyl adjacent to an activating group) is 1. The predicted octanol–water partition coefficient (Wildman–Crippen LogP) is 6.46. The number of quaternary nitrogens is 1. The molecule has 31 heavy (non-hydrogen) atoms. The van der Waals surface area contributed by atoms with Crippen LogP contribution in [0.4, 0.5) is 0 Å². The summed E-state index contributed by atoms with van der Waals surface area (Å²) < 4.78 is 38.8. The highest BCUT2D eigenvalue weighted by Gasteiger charge is 2.32. The van der Waals surface area contributed by atoms with Crippen molar-refractivity contribution < 1.29 is 26.7 Å². The molecule has 0 saturated carbocycles. The van der Waals surface area contributed by atoms with Crippen molar-refractivity contribution >= 4 is 10.4 Å². The van der Waals surface area contributed by atoms with Crippen molar-refractivity contribution in [3.05, 3.63) is 0 Å². The summed E-state index contributed by atoms with van der Waals surface area (Å²) in [5.74, 6) is 0. The summed E-state index contributed by atoms with van der Waals surface area (Å²) in [5, 5.41) is 0. The zero-order chi connectivity index (χ0) is 23.4. The van der Waals surface area contributed by atoms with Crippen LogP contribution in [-0.2, 0) is 15.1 Å². The fraction of sp³-hybridized carbons (Fsp3) is 1.00. The summed E-state index contributed by atoms with van der Waals surface area (Å²) in [6.45, 7) is 13.1. The summed E-state index contributed by atoms with van der Waals surface area (Å²) in [7, 11) is -4.67. The van der Waals surface area contributed by atoms with Crippen molar-refractivity contribution in [2.75, 3.05) is 32.8 Å². The molecular formula is C24H52NO5S+. The van der Waals surface area contributed by atoms with Crippen molar-refractivity contribution in [2.45, 2.75) is 123 Å². The van der Waals surface area contributed by atoms with Crippen LogP contribution in [0.15, 0.2) is 0 Å². The van der Waals surface area contributed by atoms with Crippen molar-refractivity contribution in [1.29, 1.82) is 0 Å². The van der Waals surface area contributed by atoms with E-state index in [-0.39, 0.29) is 0 Å². The number of hydrogen-bond donors (Lipinski definition) is 2. The first-order valence-corrected chi connectivity index (χ1v) is 14.3. The second kappa shape index (κ2) is 19.3. The van der Waals surface area contributed by atoms with Gasteiger partial charge in [-0.25, -0.2) is 0 Å². The molecule has 1 heterocycles. The lowest BCUT2D eigenvalue weighted by molar-refractivity contribution is -0.937. The van der Waals surface area contributed by atoms with Gasteiger partial charge in [0.15, 0.2) is 0 Å². The van der Waals surface area contributed by atoms with Gasteiger partial charge in [-0.15, -0.1) is 0 Å². The van der Waals surface area contributed by atoms with Crippen LogP contribution < -0.4 is 0 Å². The van der Waals surface area contributed by atoms with Gasteiger partial charge >= 0.3 is 10.4 Å². The molecule has 1 aliphatic rings. The first-order valence-electron chi connectivity index (χ1n) is 12.9. The Balaban J connectivity index is 0.00000161. The van der Waals surface area contributed by atoms with Gasteiger partial charge in [0.05, 0.1) is 19.7 Å². The molecule has 0 aliphatic carbocycles. The first kappa shape index (κ1) is 30.8.